The number of methoxy groups -OCH3 is 1. The molecule has 0 spiro atoms. The van der Waals surface area contributed by atoms with Gasteiger partial charge in [-0.15, -0.1) is 0 Å². The van der Waals surface area contributed by atoms with Crippen molar-refractivity contribution in [2.45, 2.75) is 27.3 Å². The molecule has 116 valence electrons. The number of benzene rings is 1. The molecule has 0 aliphatic heterocycles. The van der Waals surface area contributed by atoms with Crippen LogP contribution in [0, 0.1) is 0 Å². The van der Waals surface area contributed by atoms with Crippen molar-refractivity contribution in [2.24, 2.45) is 0 Å². The fourth-order valence-corrected chi connectivity index (χ4v) is 2.06. The SMILES string of the molecule is CCN(NC)C(C(=O)NCc1ccc(OC)cc1)=C(C)C. The van der Waals surface area contributed by atoms with Gasteiger partial charge in [-0.05, 0) is 44.0 Å². The van der Waals surface area contributed by atoms with E-state index in [0.717, 1.165) is 16.9 Å². The lowest BCUT2D eigenvalue weighted by Crippen LogP contribution is -2.41. The van der Waals surface area contributed by atoms with Crippen LogP contribution in [0.2, 0.25) is 0 Å². The first-order valence-corrected chi connectivity index (χ1v) is 7.07. The summed E-state index contributed by atoms with van der Waals surface area (Å²) in [5, 5.41) is 4.78. The number of allylic oxidation sites excluding steroid dienone is 1. The van der Waals surface area contributed by atoms with E-state index in [1.807, 2.05) is 57.1 Å². The molecule has 0 saturated carbocycles. The molecule has 0 aromatic heterocycles. The van der Waals surface area contributed by atoms with E-state index >= 15 is 0 Å². The Kier molecular flexibility index (Phi) is 6.75. The number of hydrogen-bond donors (Lipinski definition) is 2. The highest BCUT2D eigenvalue weighted by atomic mass is 16.5. The van der Waals surface area contributed by atoms with Gasteiger partial charge in [0.15, 0.2) is 0 Å². The van der Waals surface area contributed by atoms with E-state index in [1.165, 1.54) is 0 Å². The van der Waals surface area contributed by atoms with Crippen LogP contribution >= 0.6 is 0 Å². The Hall–Kier alpha value is -2.01. The molecule has 0 fully saturated rings. The summed E-state index contributed by atoms with van der Waals surface area (Å²) in [6.45, 7) is 7.06. The standard InChI is InChI=1S/C16H25N3O2/c1-6-19(17-4)15(12(2)3)16(20)18-11-13-7-9-14(21-5)10-8-13/h7-10,17H,6,11H2,1-5H3,(H,18,20). The molecule has 1 amide bonds. The van der Waals surface area contributed by atoms with Crippen LogP contribution in [0.3, 0.4) is 0 Å². The number of ether oxygens (including phenoxy) is 1. The summed E-state index contributed by atoms with van der Waals surface area (Å²) in [5.41, 5.74) is 5.69. The maximum atomic E-state index is 12.4. The van der Waals surface area contributed by atoms with Crippen molar-refractivity contribution < 1.29 is 9.53 Å². The van der Waals surface area contributed by atoms with Gasteiger partial charge in [0, 0.05) is 20.1 Å². The van der Waals surface area contributed by atoms with E-state index in [9.17, 15) is 4.79 Å². The van der Waals surface area contributed by atoms with E-state index in [1.54, 1.807) is 7.11 Å². The van der Waals surface area contributed by atoms with Gasteiger partial charge in [-0.1, -0.05) is 12.1 Å². The molecular formula is C16H25N3O2. The maximum absolute atomic E-state index is 12.4. The van der Waals surface area contributed by atoms with Crippen LogP contribution in [0.25, 0.3) is 0 Å². The van der Waals surface area contributed by atoms with E-state index in [4.69, 9.17) is 4.74 Å². The summed E-state index contributed by atoms with van der Waals surface area (Å²) in [7, 11) is 3.44. The van der Waals surface area contributed by atoms with Gasteiger partial charge in [0.05, 0.1) is 7.11 Å². The third-order valence-electron chi connectivity index (χ3n) is 3.16. The number of nitrogens with one attached hydrogen (secondary N) is 2. The summed E-state index contributed by atoms with van der Waals surface area (Å²) in [4.78, 5) is 12.4. The Balaban J connectivity index is 2.72. The third kappa shape index (κ3) is 4.79. The molecule has 0 aliphatic rings. The lowest BCUT2D eigenvalue weighted by molar-refractivity contribution is -0.119. The highest BCUT2D eigenvalue weighted by Gasteiger charge is 2.16. The zero-order valence-corrected chi connectivity index (χ0v) is 13.5. The lowest BCUT2D eigenvalue weighted by Gasteiger charge is -2.25. The second-order valence-corrected chi connectivity index (χ2v) is 4.85. The number of rotatable bonds is 7. The maximum Gasteiger partial charge on any atom is 0.269 e. The Bertz CT molecular complexity index is 487. The van der Waals surface area contributed by atoms with Gasteiger partial charge in [0.1, 0.15) is 11.4 Å². The van der Waals surface area contributed by atoms with E-state index in [0.29, 0.717) is 18.8 Å². The van der Waals surface area contributed by atoms with Crippen LogP contribution in [0.1, 0.15) is 26.3 Å². The first-order valence-electron chi connectivity index (χ1n) is 7.07. The molecule has 0 unspecified atom stereocenters. The predicted octanol–water partition coefficient (Wildman–Crippen LogP) is 2.06. The van der Waals surface area contributed by atoms with Crippen LogP contribution in [0.5, 0.6) is 5.75 Å². The van der Waals surface area contributed by atoms with Crippen LogP contribution in [-0.4, -0.2) is 31.6 Å². The van der Waals surface area contributed by atoms with Crippen LogP contribution in [0.15, 0.2) is 35.5 Å². The number of nitrogens with zero attached hydrogens (tertiary/aromatic N) is 1. The van der Waals surface area contributed by atoms with Crippen molar-refractivity contribution in [1.82, 2.24) is 15.8 Å². The molecule has 1 aromatic carbocycles. The van der Waals surface area contributed by atoms with Crippen molar-refractivity contribution in [3.05, 3.63) is 41.1 Å². The smallest absolute Gasteiger partial charge is 0.269 e. The molecule has 21 heavy (non-hydrogen) atoms. The van der Waals surface area contributed by atoms with Gasteiger partial charge in [-0.3, -0.25) is 4.79 Å². The van der Waals surface area contributed by atoms with Gasteiger partial charge in [-0.25, -0.2) is 5.43 Å². The highest BCUT2D eigenvalue weighted by Crippen LogP contribution is 2.12. The molecule has 0 saturated heterocycles. The first kappa shape index (κ1) is 17.0. The van der Waals surface area contributed by atoms with Crippen molar-refractivity contribution in [2.75, 3.05) is 20.7 Å². The van der Waals surface area contributed by atoms with Crippen LogP contribution < -0.4 is 15.5 Å². The minimum atomic E-state index is -0.0815. The van der Waals surface area contributed by atoms with E-state index in [-0.39, 0.29) is 5.91 Å². The topological polar surface area (TPSA) is 53.6 Å². The monoisotopic (exact) mass is 291 g/mol. The second-order valence-electron chi connectivity index (χ2n) is 4.85. The Morgan fingerprint density at radius 1 is 1.24 bits per heavy atom. The minimum Gasteiger partial charge on any atom is -0.497 e. The quantitative estimate of drug-likeness (QED) is 0.596. The molecule has 0 aliphatic carbocycles. The summed E-state index contributed by atoms with van der Waals surface area (Å²) < 4.78 is 5.12. The number of amides is 1. The second kappa shape index (κ2) is 8.32. The molecule has 2 N–H and O–H groups in total. The zero-order valence-electron chi connectivity index (χ0n) is 13.5. The summed E-state index contributed by atoms with van der Waals surface area (Å²) in [5.74, 6) is 0.726. The Labute approximate surface area is 126 Å². The Morgan fingerprint density at radius 2 is 1.86 bits per heavy atom. The average Bonchev–Trinajstić information content (AvgIpc) is 2.50. The Morgan fingerprint density at radius 3 is 2.29 bits per heavy atom. The van der Waals surface area contributed by atoms with Crippen LogP contribution in [0.4, 0.5) is 0 Å². The molecule has 0 bridgehead atoms. The third-order valence-corrected chi connectivity index (χ3v) is 3.16. The molecule has 5 heteroatoms. The largest absolute Gasteiger partial charge is 0.497 e. The van der Waals surface area contributed by atoms with Crippen molar-refractivity contribution in [3.63, 3.8) is 0 Å². The van der Waals surface area contributed by atoms with Gasteiger partial charge in [0.2, 0.25) is 0 Å². The first-order chi connectivity index (χ1) is 10.0. The van der Waals surface area contributed by atoms with E-state index < -0.39 is 0 Å². The average molecular weight is 291 g/mol. The van der Waals surface area contributed by atoms with Gasteiger partial charge < -0.3 is 15.1 Å². The lowest BCUT2D eigenvalue weighted by atomic mass is 10.2. The van der Waals surface area contributed by atoms with Crippen molar-refractivity contribution >= 4 is 5.91 Å². The highest BCUT2D eigenvalue weighted by molar-refractivity contribution is 5.93. The molecule has 0 atom stereocenters. The number of likely N-dealkylation sites (N-methyl/N-ethyl adjacent to an activating group) is 1. The molecule has 1 rings (SSSR count). The molecule has 0 radical (unpaired) electrons. The molecule has 1 aromatic rings. The summed E-state index contributed by atoms with van der Waals surface area (Å²) in [6.07, 6.45) is 0. The van der Waals surface area contributed by atoms with E-state index in [2.05, 4.69) is 10.7 Å². The fraction of sp³-hybridized carbons (Fsp3) is 0.438. The summed E-state index contributed by atoms with van der Waals surface area (Å²) in [6, 6.07) is 7.65. The molecular weight excluding hydrogens is 266 g/mol. The zero-order chi connectivity index (χ0) is 15.8. The van der Waals surface area contributed by atoms with Gasteiger partial charge >= 0.3 is 0 Å². The molecule has 0 heterocycles. The van der Waals surface area contributed by atoms with Crippen molar-refractivity contribution in [1.29, 1.82) is 0 Å². The van der Waals surface area contributed by atoms with Crippen molar-refractivity contribution in [3.8, 4) is 5.75 Å². The summed E-state index contributed by atoms with van der Waals surface area (Å²) >= 11 is 0. The van der Waals surface area contributed by atoms with Gasteiger partial charge in [0.25, 0.3) is 5.91 Å². The normalized spacial score (nSPS) is 9.95. The number of hydrogen-bond acceptors (Lipinski definition) is 4. The minimum absolute atomic E-state index is 0.0815. The molecule has 5 nitrogen and oxygen atoms in total. The number of hydrazine groups is 1. The number of carbonyl (C=O) groups is 1. The van der Waals surface area contributed by atoms with Crippen LogP contribution in [-0.2, 0) is 11.3 Å². The predicted molar refractivity (Wildman–Crippen MR) is 84.7 cm³/mol. The van der Waals surface area contributed by atoms with Gasteiger partial charge in [-0.2, -0.15) is 0 Å². The fourth-order valence-electron chi connectivity index (χ4n) is 2.06. The number of carbonyl (C=O) groups excluding carboxylic acids is 1.